The van der Waals surface area contributed by atoms with Gasteiger partial charge in [-0.3, -0.25) is 4.79 Å². The van der Waals surface area contributed by atoms with Gasteiger partial charge in [0.2, 0.25) is 0 Å². The fourth-order valence-corrected chi connectivity index (χ4v) is 1.98. The Kier molecular flexibility index (Phi) is 5.06. The number of rotatable bonds is 5. The molecule has 110 valence electrons. The Morgan fingerprint density at radius 2 is 1.95 bits per heavy atom. The van der Waals surface area contributed by atoms with Crippen LogP contribution in [0.15, 0.2) is 42.5 Å². The van der Waals surface area contributed by atoms with Gasteiger partial charge in [0, 0.05) is 16.9 Å². The fraction of sp³-hybridized carbons (Fsp3) is 0.188. The van der Waals surface area contributed by atoms with E-state index >= 15 is 0 Å². The van der Waals surface area contributed by atoms with Gasteiger partial charge in [-0.15, -0.1) is 0 Å². The van der Waals surface area contributed by atoms with E-state index in [0.717, 1.165) is 6.42 Å². The Labute approximate surface area is 128 Å². The third kappa shape index (κ3) is 4.13. The van der Waals surface area contributed by atoms with Crippen LogP contribution in [0.4, 0.5) is 11.4 Å². The third-order valence-corrected chi connectivity index (χ3v) is 3.12. The number of carbonyl (C=O) groups excluding carboxylic acids is 1. The highest BCUT2D eigenvalue weighted by Gasteiger charge is 2.08. The minimum absolute atomic E-state index is 0.215. The number of nitrogens with one attached hydrogen (secondary N) is 1. The molecule has 0 bridgehead atoms. The lowest BCUT2D eigenvalue weighted by Gasteiger charge is -2.10. The van der Waals surface area contributed by atoms with Crippen LogP contribution in [0.25, 0.3) is 0 Å². The second-order valence-electron chi connectivity index (χ2n) is 4.57. The summed E-state index contributed by atoms with van der Waals surface area (Å²) in [5.74, 6) is 0.400. The van der Waals surface area contributed by atoms with E-state index in [1.807, 2.05) is 6.92 Å². The maximum absolute atomic E-state index is 12.1. The molecule has 2 rings (SSSR count). The molecule has 3 N–H and O–H groups in total. The molecule has 0 fully saturated rings. The summed E-state index contributed by atoms with van der Waals surface area (Å²) in [4.78, 5) is 12.1. The van der Waals surface area contributed by atoms with Crippen molar-refractivity contribution in [3.05, 3.63) is 53.1 Å². The molecule has 0 saturated carbocycles. The predicted molar refractivity (Wildman–Crippen MR) is 86.0 cm³/mol. The van der Waals surface area contributed by atoms with Gasteiger partial charge in [0.25, 0.3) is 5.91 Å². The first-order valence-electron chi connectivity index (χ1n) is 6.69. The summed E-state index contributed by atoms with van der Waals surface area (Å²) in [5, 5.41) is 3.25. The van der Waals surface area contributed by atoms with Gasteiger partial charge in [-0.05, 0) is 48.9 Å². The van der Waals surface area contributed by atoms with E-state index in [4.69, 9.17) is 22.1 Å². The number of nitrogen functional groups attached to an aromatic ring is 1. The largest absolute Gasteiger partial charge is 0.492 e. The lowest BCUT2D eigenvalue weighted by Crippen LogP contribution is -2.11. The summed E-state index contributed by atoms with van der Waals surface area (Å²) >= 11 is 6.12. The number of amides is 1. The minimum Gasteiger partial charge on any atom is -0.492 e. The number of nitrogens with two attached hydrogens (primary N) is 1. The molecular weight excluding hydrogens is 288 g/mol. The summed E-state index contributed by atoms with van der Waals surface area (Å²) in [6.07, 6.45) is 0.909. The molecule has 0 spiro atoms. The topological polar surface area (TPSA) is 64.3 Å². The van der Waals surface area contributed by atoms with Crippen molar-refractivity contribution in [3.63, 3.8) is 0 Å². The highest BCUT2D eigenvalue weighted by atomic mass is 35.5. The highest BCUT2D eigenvalue weighted by Crippen LogP contribution is 2.28. The molecule has 2 aromatic carbocycles. The maximum atomic E-state index is 12.1. The molecule has 0 aliphatic rings. The average Bonchev–Trinajstić information content (AvgIpc) is 2.47. The lowest BCUT2D eigenvalue weighted by molar-refractivity contribution is 0.102. The number of benzene rings is 2. The molecule has 0 aliphatic heterocycles. The van der Waals surface area contributed by atoms with Crippen LogP contribution in [-0.4, -0.2) is 12.5 Å². The molecule has 0 radical (unpaired) electrons. The molecule has 2 aromatic rings. The van der Waals surface area contributed by atoms with E-state index in [9.17, 15) is 4.79 Å². The van der Waals surface area contributed by atoms with Crippen molar-refractivity contribution in [3.8, 4) is 5.75 Å². The van der Waals surface area contributed by atoms with Crippen molar-refractivity contribution in [2.24, 2.45) is 0 Å². The van der Waals surface area contributed by atoms with Crippen LogP contribution in [0.5, 0.6) is 5.75 Å². The number of ether oxygens (including phenoxy) is 1. The quantitative estimate of drug-likeness (QED) is 0.822. The Morgan fingerprint density at radius 1 is 1.24 bits per heavy atom. The van der Waals surface area contributed by atoms with Gasteiger partial charge in [0.1, 0.15) is 5.75 Å². The number of anilines is 2. The molecule has 4 nitrogen and oxygen atoms in total. The van der Waals surface area contributed by atoms with Gasteiger partial charge in [-0.2, -0.15) is 0 Å². The molecule has 21 heavy (non-hydrogen) atoms. The van der Waals surface area contributed by atoms with Crippen LogP contribution in [0.2, 0.25) is 5.02 Å². The van der Waals surface area contributed by atoms with Gasteiger partial charge >= 0.3 is 0 Å². The monoisotopic (exact) mass is 304 g/mol. The van der Waals surface area contributed by atoms with Gasteiger partial charge < -0.3 is 15.8 Å². The Hall–Kier alpha value is -2.20. The van der Waals surface area contributed by atoms with Crippen molar-refractivity contribution < 1.29 is 9.53 Å². The standard InChI is InChI=1S/C16H17ClN2O2/c1-2-9-21-15-8-7-13(10-14(15)17)19-16(20)11-3-5-12(18)6-4-11/h3-8,10H,2,9,18H2,1H3,(H,19,20). The molecule has 0 aromatic heterocycles. The molecule has 0 unspecified atom stereocenters. The van der Waals surface area contributed by atoms with Crippen molar-refractivity contribution in [1.29, 1.82) is 0 Å². The Balaban J connectivity index is 2.07. The second-order valence-corrected chi connectivity index (χ2v) is 4.98. The van der Waals surface area contributed by atoms with E-state index < -0.39 is 0 Å². The van der Waals surface area contributed by atoms with Crippen LogP contribution < -0.4 is 15.8 Å². The molecule has 0 aliphatic carbocycles. The number of hydrogen-bond donors (Lipinski definition) is 2. The molecule has 5 heteroatoms. The Morgan fingerprint density at radius 3 is 2.57 bits per heavy atom. The summed E-state index contributed by atoms with van der Waals surface area (Å²) in [7, 11) is 0. The number of halogens is 1. The number of carbonyl (C=O) groups is 1. The highest BCUT2D eigenvalue weighted by molar-refractivity contribution is 6.32. The molecule has 0 heterocycles. The van der Waals surface area contributed by atoms with E-state index in [-0.39, 0.29) is 5.91 Å². The first-order valence-corrected chi connectivity index (χ1v) is 7.07. The Bertz CT molecular complexity index is 627. The van der Waals surface area contributed by atoms with Crippen LogP contribution in [-0.2, 0) is 0 Å². The maximum Gasteiger partial charge on any atom is 0.255 e. The zero-order valence-corrected chi connectivity index (χ0v) is 12.5. The van der Waals surface area contributed by atoms with Gasteiger partial charge in [-0.1, -0.05) is 18.5 Å². The first-order chi connectivity index (χ1) is 10.1. The van der Waals surface area contributed by atoms with Crippen molar-refractivity contribution in [1.82, 2.24) is 0 Å². The summed E-state index contributed by atoms with van der Waals surface area (Å²) < 4.78 is 5.49. The minimum atomic E-state index is -0.215. The van der Waals surface area contributed by atoms with Crippen LogP contribution >= 0.6 is 11.6 Å². The van der Waals surface area contributed by atoms with E-state index in [1.54, 1.807) is 42.5 Å². The van der Waals surface area contributed by atoms with Crippen molar-refractivity contribution >= 4 is 28.9 Å². The average molecular weight is 305 g/mol. The van der Waals surface area contributed by atoms with Crippen molar-refractivity contribution in [2.75, 3.05) is 17.7 Å². The summed E-state index contributed by atoms with van der Waals surface area (Å²) in [5.41, 5.74) is 7.36. The molecule has 1 amide bonds. The SMILES string of the molecule is CCCOc1ccc(NC(=O)c2ccc(N)cc2)cc1Cl. The molecule has 0 atom stereocenters. The van der Waals surface area contributed by atoms with E-state index in [1.165, 1.54) is 0 Å². The van der Waals surface area contributed by atoms with Gasteiger partial charge in [-0.25, -0.2) is 0 Å². The summed E-state index contributed by atoms with van der Waals surface area (Å²) in [6.45, 7) is 2.63. The lowest BCUT2D eigenvalue weighted by atomic mass is 10.2. The second kappa shape index (κ2) is 6.99. The van der Waals surface area contributed by atoms with E-state index in [0.29, 0.717) is 34.3 Å². The molecular formula is C16H17ClN2O2. The third-order valence-electron chi connectivity index (χ3n) is 2.82. The first kappa shape index (κ1) is 15.2. The smallest absolute Gasteiger partial charge is 0.255 e. The molecule has 0 saturated heterocycles. The predicted octanol–water partition coefficient (Wildman–Crippen LogP) is 3.96. The van der Waals surface area contributed by atoms with Gasteiger partial charge in [0.15, 0.2) is 0 Å². The zero-order valence-electron chi connectivity index (χ0n) is 11.7. The van der Waals surface area contributed by atoms with Crippen molar-refractivity contribution in [2.45, 2.75) is 13.3 Å². The normalized spacial score (nSPS) is 10.2. The van der Waals surface area contributed by atoms with Crippen LogP contribution in [0.3, 0.4) is 0 Å². The van der Waals surface area contributed by atoms with E-state index in [2.05, 4.69) is 5.32 Å². The zero-order chi connectivity index (χ0) is 15.2. The van der Waals surface area contributed by atoms with Gasteiger partial charge in [0.05, 0.1) is 11.6 Å². The van der Waals surface area contributed by atoms with Crippen LogP contribution in [0, 0.1) is 0 Å². The fourth-order valence-electron chi connectivity index (χ4n) is 1.75. The summed E-state index contributed by atoms with van der Waals surface area (Å²) in [6, 6.07) is 11.9. The van der Waals surface area contributed by atoms with Crippen LogP contribution in [0.1, 0.15) is 23.7 Å². The number of hydrogen-bond acceptors (Lipinski definition) is 3.